The van der Waals surface area contributed by atoms with Crippen LogP contribution in [0.25, 0.3) is 0 Å². The third-order valence-electron chi connectivity index (χ3n) is 3.45. The number of hydrogen-bond acceptors (Lipinski definition) is 4. The van der Waals surface area contributed by atoms with E-state index in [0.717, 1.165) is 26.1 Å². The number of carbonyl (C=O) groups is 1. The number of nitrogens with one attached hydrogen (secondary N) is 1. The Labute approximate surface area is 90.3 Å². The van der Waals surface area contributed by atoms with Crippen molar-refractivity contribution in [2.45, 2.75) is 26.4 Å². The molecule has 2 unspecified atom stereocenters. The van der Waals surface area contributed by atoms with Crippen molar-refractivity contribution in [3.05, 3.63) is 0 Å². The molecule has 86 valence electrons. The second-order valence-electron chi connectivity index (χ2n) is 4.56. The van der Waals surface area contributed by atoms with Gasteiger partial charge in [-0.05, 0) is 20.3 Å². The van der Waals surface area contributed by atoms with Crippen LogP contribution in [-0.4, -0.2) is 38.4 Å². The quantitative estimate of drug-likeness (QED) is 0.696. The van der Waals surface area contributed by atoms with Gasteiger partial charge in [-0.3, -0.25) is 4.79 Å². The van der Waals surface area contributed by atoms with Gasteiger partial charge in [-0.15, -0.1) is 0 Å². The van der Waals surface area contributed by atoms with Gasteiger partial charge < -0.3 is 14.8 Å². The average molecular weight is 213 g/mol. The Morgan fingerprint density at radius 3 is 3.07 bits per heavy atom. The van der Waals surface area contributed by atoms with Crippen LogP contribution in [-0.2, 0) is 14.3 Å². The molecule has 1 saturated heterocycles. The topological polar surface area (TPSA) is 47.6 Å². The van der Waals surface area contributed by atoms with Gasteiger partial charge in [-0.2, -0.15) is 0 Å². The molecule has 4 heteroatoms. The van der Waals surface area contributed by atoms with Crippen molar-refractivity contribution in [3.63, 3.8) is 0 Å². The molecule has 4 nitrogen and oxygen atoms in total. The van der Waals surface area contributed by atoms with E-state index in [-0.39, 0.29) is 17.5 Å². The molecule has 15 heavy (non-hydrogen) atoms. The third-order valence-corrected chi connectivity index (χ3v) is 3.45. The molecule has 2 rings (SSSR count). The smallest absolute Gasteiger partial charge is 0.312 e. The number of hydrogen-bond donors (Lipinski definition) is 1. The fraction of sp³-hybridized carbons (Fsp3) is 0.909. The van der Waals surface area contributed by atoms with Gasteiger partial charge in [0.1, 0.15) is 0 Å². The highest BCUT2D eigenvalue weighted by atomic mass is 16.5. The van der Waals surface area contributed by atoms with E-state index >= 15 is 0 Å². The monoisotopic (exact) mass is 213 g/mol. The summed E-state index contributed by atoms with van der Waals surface area (Å²) in [6.45, 7) is 6.81. The molecule has 0 aromatic carbocycles. The largest absolute Gasteiger partial charge is 0.466 e. The lowest BCUT2D eigenvalue weighted by Gasteiger charge is -2.25. The van der Waals surface area contributed by atoms with Gasteiger partial charge in [0.25, 0.3) is 0 Å². The average Bonchev–Trinajstić information content (AvgIpc) is 2.94. The maximum atomic E-state index is 11.7. The summed E-state index contributed by atoms with van der Waals surface area (Å²) in [5.74, 6) is 0.272. The highest BCUT2D eigenvalue weighted by Crippen LogP contribution is 2.55. The van der Waals surface area contributed by atoms with Crippen LogP contribution in [0.2, 0.25) is 0 Å². The molecule has 0 radical (unpaired) electrons. The second-order valence-corrected chi connectivity index (χ2v) is 4.56. The van der Waals surface area contributed by atoms with Crippen molar-refractivity contribution in [1.29, 1.82) is 0 Å². The van der Waals surface area contributed by atoms with E-state index in [1.807, 2.05) is 13.8 Å². The SMILES string of the molecule is CCOC(=O)C1(C)CC1[C@H]1CNCCO1. The zero-order chi connectivity index (χ0) is 10.9. The predicted molar refractivity (Wildman–Crippen MR) is 55.5 cm³/mol. The molecule has 0 aromatic heterocycles. The van der Waals surface area contributed by atoms with Crippen LogP contribution in [0.4, 0.5) is 0 Å². The van der Waals surface area contributed by atoms with Crippen molar-refractivity contribution in [1.82, 2.24) is 5.32 Å². The summed E-state index contributed by atoms with van der Waals surface area (Å²) in [4.78, 5) is 11.7. The summed E-state index contributed by atoms with van der Waals surface area (Å²) in [6.07, 6.45) is 1.09. The fourth-order valence-corrected chi connectivity index (χ4v) is 2.31. The number of morpholine rings is 1. The first kappa shape index (κ1) is 10.9. The van der Waals surface area contributed by atoms with Crippen LogP contribution in [0.3, 0.4) is 0 Å². The molecule has 1 aliphatic carbocycles. The van der Waals surface area contributed by atoms with E-state index in [1.54, 1.807) is 0 Å². The molecule has 1 aliphatic heterocycles. The fourth-order valence-electron chi connectivity index (χ4n) is 2.31. The van der Waals surface area contributed by atoms with Crippen molar-refractivity contribution < 1.29 is 14.3 Å². The normalized spacial score (nSPS) is 39.9. The standard InChI is InChI=1S/C11H19NO3/c1-3-14-10(13)11(2)6-8(11)9-7-12-4-5-15-9/h8-9,12H,3-7H2,1-2H3/t8?,9-,11?/m1/s1. The minimum atomic E-state index is -0.292. The Bertz CT molecular complexity index is 250. The highest BCUT2D eigenvalue weighted by molar-refractivity contribution is 5.80. The van der Waals surface area contributed by atoms with Crippen LogP contribution >= 0.6 is 0 Å². The Kier molecular flexibility index (Phi) is 2.98. The molecular weight excluding hydrogens is 194 g/mol. The van der Waals surface area contributed by atoms with Gasteiger partial charge in [0, 0.05) is 19.0 Å². The van der Waals surface area contributed by atoms with Crippen molar-refractivity contribution in [2.24, 2.45) is 11.3 Å². The van der Waals surface area contributed by atoms with Gasteiger partial charge in [0.2, 0.25) is 0 Å². The molecule has 2 fully saturated rings. The number of carbonyl (C=O) groups excluding carboxylic acids is 1. The van der Waals surface area contributed by atoms with Crippen molar-refractivity contribution in [2.75, 3.05) is 26.3 Å². The van der Waals surface area contributed by atoms with E-state index in [0.29, 0.717) is 12.5 Å². The summed E-state index contributed by atoms with van der Waals surface area (Å²) >= 11 is 0. The summed E-state index contributed by atoms with van der Waals surface area (Å²) in [5, 5.41) is 3.29. The Hall–Kier alpha value is -0.610. The molecule has 0 amide bonds. The van der Waals surface area contributed by atoms with Crippen LogP contribution in [0.1, 0.15) is 20.3 Å². The van der Waals surface area contributed by atoms with Crippen LogP contribution in [0.5, 0.6) is 0 Å². The lowest BCUT2D eigenvalue weighted by atomic mass is 10.0. The number of esters is 1. The summed E-state index contributed by atoms with van der Waals surface area (Å²) in [6, 6.07) is 0. The van der Waals surface area contributed by atoms with E-state index in [9.17, 15) is 4.79 Å². The maximum absolute atomic E-state index is 11.7. The lowest BCUT2D eigenvalue weighted by Crippen LogP contribution is -2.41. The molecule has 3 atom stereocenters. The zero-order valence-corrected chi connectivity index (χ0v) is 9.41. The first-order valence-electron chi connectivity index (χ1n) is 5.68. The Balaban J connectivity index is 1.89. The first-order chi connectivity index (χ1) is 7.18. The summed E-state index contributed by atoms with van der Waals surface area (Å²) < 4.78 is 10.7. The summed E-state index contributed by atoms with van der Waals surface area (Å²) in [7, 11) is 0. The minimum absolute atomic E-state index is 0.0656. The maximum Gasteiger partial charge on any atom is 0.312 e. The van der Waals surface area contributed by atoms with Crippen LogP contribution in [0.15, 0.2) is 0 Å². The first-order valence-corrected chi connectivity index (χ1v) is 5.68. The molecule has 2 aliphatic rings. The minimum Gasteiger partial charge on any atom is -0.466 e. The summed E-state index contributed by atoms with van der Waals surface area (Å²) in [5.41, 5.74) is -0.292. The zero-order valence-electron chi connectivity index (χ0n) is 9.41. The van der Waals surface area contributed by atoms with Crippen molar-refractivity contribution >= 4 is 5.97 Å². The predicted octanol–water partition coefficient (Wildman–Crippen LogP) is 0.564. The lowest BCUT2D eigenvalue weighted by molar-refractivity contribution is -0.150. The third kappa shape index (κ3) is 2.01. The highest BCUT2D eigenvalue weighted by Gasteiger charge is 2.60. The van der Waals surface area contributed by atoms with Gasteiger partial charge in [-0.1, -0.05) is 0 Å². The Morgan fingerprint density at radius 2 is 2.47 bits per heavy atom. The number of rotatable bonds is 3. The van der Waals surface area contributed by atoms with Crippen LogP contribution in [0, 0.1) is 11.3 Å². The molecule has 0 bridgehead atoms. The molecule has 1 heterocycles. The molecule has 1 saturated carbocycles. The number of ether oxygens (including phenoxy) is 2. The van der Waals surface area contributed by atoms with Gasteiger partial charge in [-0.25, -0.2) is 0 Å². The van der Waals surface area contributed by atoms with E-state index in [2.05, 4.69) is 5.32 Å². The molecule has 0 spiro atoms. The van der Waals surface area contributed by atoms with E-state index in [1.165, 1.54) is 0 Å². The van der Waals surface area contributed by atoms with Gasteiger partial charge >= 0.3 is 5.97 Å². The van der Waals surface area contributed by atoms with E-state index in [4.69, 9.17) is 9.47 Å². The molecular formula is C11H19NO3. The second kappa shape index (κ2) is 4.10. The van der Waals surface area contributed by atoms with Gasteiger partial charge in [0.15, 0.2) is 0 Å². The molecule has 1 N–H and O–H groups in total. The Morgan fingerprint density at radius 1 is 1.67 bits per heavy atom. The van der Waals surface area contributed by atoms with Crippen molar-refractivity contribution in [3.8, 4) is 0 Å². The molecule has 0 aromatic rings. The van der Waals surface area contributed by atoms with Gasteiger partial charge in [0.05, 0.1) is 24.7 Å². The van der Waals surface area contributed by atoms with Crippen LogP contribution < -0.4 is 5.32 Å². The van der Waals surface area contributed by atoms with E-state index < -0.39 is 0 Å².